The number of hydrogen-bond donors (Lipinski definition) is 2. The number of nitrogens with one attached hydrogen (secondary N) is 2. The molecule has 3 aromatic rings. The molecule has 0 aliphatic heterocycles. The van der Waals surface area contributed by atoms with Gasteiger partial charge in [-0.1, -0.05) is 18.2 Å². The van der Waals surface area contributed by atoms with E-state index in [4.69, 9.17) is 4.74 Å². The zero-order chi connectivity index (χ0) is 22.5. The second kappa shape index (κ2) is 9.43. The molecule has 0 unspecified atom stereocenters. The highest BCUT2D eigenvalue weighted by molar-refractivity contribution is 9.10. The number of rotatable bonds is 6. The lowest BCUT2D eigenvalue weighted by molar-refractivity contribution is -0.119. The Bertz CT molecular complexity index is 1150. The van der Waals surface area contributed by atoms with Gasteiger partial charge in [0, 0.05) is 16.6 Å². The monoisotopic (exact) mass is 488 g/mol. The number of esters is 3. The SMILES string of the molecule is COC(=O)c1cc(NC(=O)COC(=O)c2[nH]c3ccccc3c2Br)cc(C(=O)OC)c1. The molecule has 0 saturated heterocycles. The lowest BCUT2D eigenvalue weighted by Gasteiger charge is -2.10. The van der Waals surface area contributed by atoms with Crippen molar-refractivity contribution in [3.8, 4) is 0 Å². The number of carbonyl (C=O) groups excluding carboxylic acids is 4. The van der Waals surface area contributed by atoms with Gasteiger partial charge in [0.1, 0.15) is 5.69 Å². The van der Waals surface area contributed by atoms with Crippen LogP contribution in [0.2, 0.25) is 0 Å². The van der Waals surface area contributed by atoms with Crippen LogP contribution < -0.4 is 5.32 Å². The molecule has 0 spiro atoms. The molecule has 31 heavy (non-hydrogen) atoms. The number of hydrogen-bond acceptors (Lipinski definition) is 7. The molecule has 0 aliphatic carbocycles. The van der Waals surface area contributed by atoms with E-state index in [2.05, 4.69) is 35.7 Å². The van der Waals surface area contributed by atoms with Gasteiger partial charge in [-0.3, -0.25) is 4.79 Å². The normalized spacial score (nSPS) is 10.4. The Morgan fingerprint density at radius 3 is 2.13 bits per heavy atom. The number of fused-ring (bicyclic) bond motifs is 1. The van der Waals surface area contributed by atoms with Gasteiger partial charge in [-0.2, -0.15) is 0 Å². The predicted molar refractivity (Wildman–Crippen MR) is 114 cm³/mol. The summed E-state index contributed by atoms with van der Waals surface area (Å²) in [6, 6.07) is 11.2. The van der Waals surface area contributed by atoms with Gasteiger partial charge in [0.2, 0.25) is 0 Å². The molecule has 0 bridgehead atoms. The topological polar surface area (TPSA) is 124 Å². The third kappa shape index (κ3) is 4.92. The van der Waals surface area contributed by atoms with Crippen LogP contribution in [0.15, 0.2) is 46.9 Å². The number of aromatic amines is 1. The van der Waals surface area contributed by atoms with E-state index in [-0.39, 0.29) is 22.5 Å². The highest BCUT2D eigenvalue weighted by Gasteiger charge is 2.19. The number of carbonyl (C=O) groups is 4. The summed E-state index contributed by atoms with van der Waals surface area (Å²) in [7, 11) is 2.38. The number of H-pyrrole nitrogens is 1. The Hall–Kier alpha value is -3.66. The number of aromatic nitrogens is 1. The van der Waals surface area contributed by atoms with Gasteiger partial charge in [-0.25, -0.2) is 14.4 Å². The maximum atomic E-state index is 12.4. The average Bonchev–Trinajstić information content (AvgIpc) is 3.12. The molecule has 1 heterocycles. The minimum absolute atomic E-state index is 0.0414. The molecule has 3 rings (SSSR count). The first kappa shape index (κ1) is 22.0. The van der Waals surface area contributed by atoms with Crippen LogP contribution in [0.1, 0.15) is 31.2 Å². The van der Waals surface area contributed by atoms with Crippen LogP contribution in [-0.4, -0.2) is 49.6 Å². The maximum absolute atomic E-state index is 12.4. The molecule has 10 heteroatoms. The van der Waals surface area contributed by atoms with Gasteiger partial charge in [-0.15, -0.1) is 0 Å². The molecule has 0 radical (unpaired) electrons. The number of halogens is 1. The Morgan fingerprint density at radius 1 is 0.935 bits per heavy atom. The van der Waals surface area contributed by atoms with Gasteiger partial charge in [0.05, 0.1) is 29.8 Å². The van der Waals surface area contributed by atoms with Gasteiger partial charge < -0.3 is 24.5 Å². The fourth-order valence-corrected chi connectivity index (χ4v) is 3.43. The number of benzene rings is 2. The molecular formula is C21H17BrN2O7. The number of anilines is 1. The van der Waals surface area contributed by atoms with E-state index >= 15 is 0 Å². The van der Waals surface area contributed by atoms with E-state index in [0.717, 1.165) is 10.9 Å². The lowest BCUT2D eigenvalue weighted by Crippen LogP contribution is -2.21. The number of amides is 1. The van der Waals surface area contributed by atoms with Crippen molar-refractivity contribution in [3.05, 3.63) is 63.8 Å². The lowest BCUT2D eigenvalue weighted by atomic mass is 10.1. The van der Waals surface area contributed by atoms with Gasteiger partial charge in [0.15, 0.2) is 6.61 Å². The molecule has 0 atom stereocenters. The first-order valence-electron chi connectivity index (χ1n) is 8.89. The second-order valence-corrected chi connectivity index (χ2v) is 7.06. The smallest absolute Gasteiger partial charge is 0.356 e. The van der Waals surface area contributed by atoms with E-state index in [1.165, 1.54) is 32.4 Å². The van der Waals surface area contributed by atoms with Crippen molar-refractivity contribution < 1.29 is 33.4 Å². The van der Waals surface area contributed by atoms with Crippen molar-refractivity contribution in [2.75, 3.05) is 26.1 Å². The molecule has 1 aromatic heterocycles. The second-order valence-electron chi connectivity index (χ2n) is 6.27. The Labute approximate surface area is 184 Å². The van der Waals surface area contributed by atoms with Gasteiger partial charge in [0.25, 0.3) is 5.91 Å². The summed E-state index contributed by atoms with van der Waals surface area (Å²) in [6.07, 6.45) is 0. The zero-order valence-corrected chi connectivity index (χ0v) is 18.1. The molecule has 2 aromatic carbocycles. The molecule has 1 amide bonds. The zero-order valence-electron chi connectivity index (χ0n) is 16.5. The summed E-state index contributed by atoms with van der Waals surface area (Å²) in [6.45, 7) is -0.587. The van der Waals surface area contributed by atoms with Crippen molar-refractivity contribution in [3.63, 3.8) is 0 Å². The molecule has 0 aliphatic rings. The summed E-state index contributed by atoms with van der Waals surface area (Å²) in [5.41, 5.74) is 1.13. The van der Waals surface area contributed by atoms with E-state index < -0.39 is 30.4 Å². The highest BCUT2D eigenvalue weighted by atomic mass is 79.9. The molecule has 0 saturated carbocycles. The Morgan fingerprint density at radius 2 is 1.55 bits per heavy atom. The third-order valence-electron chi connectivity index (χ3n) is 4.24. The minimum Gasteiger partial charge on any atom is -0.465 e. The van der Waals surface area contributed by atoms with E-state index in [9.17, 15) is 19.2 Å². The van der Waals surface area contributed by atoms with Crippen LogP contribution in [0.5, 0.6) is 0 Å². The quantitative estimate of drug-likeness (QED) is 0.402. The van der Waals surface area contributed by atoms with Crippen molar-refractivity contribution in [1.29, 1.82) is 0 Å². The third-order valence-corrected chi connectivity index (χ3v) is 5.06. The molecular weight excluding hydrogens is 472 g/mol. The van der Waals surface area contributed by atoms with Crippen LogP contribution >= 0.6 is 15.9 Å². The molecule has 9 nitrogen and oxygen atoms in total. The number of para-hydroxylation sites is 1. The van der Waals surface area contributed by atoms with Crippen molar-refractivity contribution >= 4 is 56.3 Å². The Kier molecular flexibility index (Phi) is 6.71. The number of ether oxygens (including phenoxy) is 3. The summed E-state index contributed by atoms with van der Waals surface area (Å²) >= 11 is 3.35. The van der Waals surface area contributed by atoms with Crippen LogP contribution in [-0.2, 0) is 19.0 Å². The summed E-state index contributed by atoms with van der Waals surface area (Å²) in [5, 5.41) is 3.27. The summed E-state index contributed by atoms with van der Waals surface area (Å²) in [5.74, 6) is -2.79. The van der Waals surface area contributed by atoms with Crippen molar-refractivity contribution in [1.82, 2.24) is 4.98 Å². The minimum atomic E-state index is -0.725. The predicted octanol–water partition coefficient (Wildman–Crippen LogP) is 3.30. The maximum Gasteiger partial charge on any atom is 0.356 e. The van der Waals surface area contributed by atoms with Crippen LogP contribution in [0.25, 0.3) is 10.9 Å². The van der Waals surface area contributed by atoms with Gasteiger partial charge in [-0.05, 0) is 40.2 Å². The van der Waals surface area contributed by atoms with E-state index in [1.807, 2.05) is 18.2 Å². The van der Waals surface area contributed by atoms with Crippen molar-refractivity contribution in [2.24, 2.45) is 0 Å². The standard InChI is InChI=1S/C21H17BrN2O7/c1-29-19(26)11-7-12(20(27)30-2)9-13(8-11)23-16(25)10-31-21(28)18-17(22)14-5-3-4-6-15(14)24-18/h3-9,24H,10H2,1-2H3,(H,23,25). The highest BCUT2D eigenvalue weighted by Crippen LogP contribution is 2.28. The summed E-state index contributed by atoms with van der Waals surface area (Å²) < 4.78 is 14.9. The molecule has 2 N–H and O–H groups in total. The number of methoxy groups -OCH3 is 2. The van der Waals surface area contributed by atoms with Crippen molar-refractivity contribution in [2.45, 2.75) is 0 Å². The largest absolute Gasteiger partial charge is 0.465 e. The molecule has 0 fully saturated rings. The first-order valence-corrected chi connectivity index (χ1v) is 9.68. The van der Waals surface area contributed by atoms with E-state index in [1.54, 1.807) is 6.07 Å². The molecule has 160 valence electrons. The average molecular weight is 489 g/mol. The fraction of sp³-hybridized carbons (Fsp3) is 0.143. The first-order chi connectivity index (χ1) is 14.8. The van der Waals surface area contributed by atoms with Crippen LogP contribution in [0.3, 0.4) is 0 Å². The van der Waals surface area contributed by atoms with E-state index in [0.29, 0.717) is 4.47 Å². The van der Waals surface area contributed by atoms with Gasteiger partial charge >= 0.3 is 17.9 Å². The summed E-state index contributed by atoms with van der Waals surface area (Å²) in [4.78, 5) is 51.2. The fourth-order valence-electron chi connectivity index (χ4n) is 2.82. The van der Waals surface area contributed by atoms with Crippen LogP contribution in [0.4, 0.5) is 5.69 Å². The van der Waals surface area contributed by atoms with Crippen LogP contribution in [0, 0.1) is 0 Å². The Balaban J connectivity index is 1.71.